The zero-order valence-electron chi connectivity index (χ0n) is 16.8. The Morgan fingerprint density at radius 1 is 1.08 bits per heavy atom. The average molecular weight is 465 g/mol. The van der Waals surface area contributed by atoms with Crippen molar-refractivity contribution in [2.75, 3.05) is 53.4 Å². The number of halogens is 1. The van der Waals surface area contributed by atoms with Gasteiger partial charge >= 0.3 is 0 Å². The van der Waals surface area contributed by atoms with Crippen molar-refractivity contribution in [3.63, 3.8) is 0 Å². The molecule has 0 aromatic rings. The highest BCUT2D eigenvalue weighted by atomic mass is 127. The normalized spacial score (nSPS) is 24.7. The lowest BCUT2D eigenvalue weighted by atomic mass is 10.0. The summed E-state index contributed by atoms with van der Waals surface area (Å²) < 4.78 is 0. The number of guanidine groups is 1. The first-order valence-electron chi connectivity index (χ1n) is 9.97. The lowest BCUT2D eigenvalue weighted by Crippen LogP contribution is -2.50. The van der Waals surface area contributed by atoms with Crippen molar-refractivity contribution in [3.8, 4) is 0 Å². The summed E-state index contributed by atoms with van der Waals surface area (Å²) in [5.41, 5.74) is 0. The van der Waals surface area contributed by atoms with Gasteiger partial charge in [0.15, 0.2) is 5.96 Å². The van der Waals surface area contributed by atoms with Crippen LogP contribution in [-0.2, 0) is 0 Å². The van der Waals surface area contributed by atoms with Gasteiger partial charge in [0.25, 0.3) is 0 Å². The number of aliphatic imine (C=N–C) groups is 1. The van der Waals surface area contributed by atoms with Crippen molar-refractivity contribution >= 4 is 29.9 Å². The lowest BCUT2D eigenvalue weighted by molar-refractivity contribution is 0.161. The minimum atomic E-state index is 0. The molecule has 2 atom stereocenters. The van der Waals surface area contributed by atoms with Gasteiger partial charge in [-0.25, -0.2) is 0 Å². The molecule has 0 bridgehead atoms. The summed E-state index contributed by atoms with van der Waals surface area (Å²) in [5, 5.41) is 7.12. The van der Waals surface area contributed by atoms with Gasteiger partial charge in [-0.2, -0.15) is 0 Å². The molecular weight excluding hydrogens is 425 g/mol. The second kappa shape index (κ2) is 12.3. The molecular formula is C19H40IN5. The van der Waals surface area contributed by atoms with E-state index in [0.29, 0.717) is 12.0 Å². The Morgan fingerprint density at radius 2 is 1.76 bits per heavy atom. The third kappa shape index (κ3) is 7.99. The van der Waals surface area contributed by atoms with E-state index in [9.17, 15) is 0 Å². The molecule has 148 valence electrons. The van der Waals surface area contributed by atoms with E-state index in [1.165, 1.54) is 58.3 Å². The van der Waals surface area contributed by atoms with Crippen LogP contribution in [-0.4, -0.2) is 75.2 Å². The van der Waals surface area contributed by atoms with Gasteiger partial charge in [-0.3, -0.25) is 9.89 Å². The van der Waals surface area contributed by atoms with Crippen LogP contribution in [0.2, 0.25) is 0 Å². The fraction of sp³-hybridized carbons (Fsp3) is 0.947. The zero-order valence-corrected chi connectivity index (χ0v) is 19.1. The number of hydrogen-bond donors (Lipinski definition) is 2. The van der Waals surface area contributed by atoms with Crippen molar-refractivity contribution in [2.45, 2.75) is 52.0 Å². The Bertz CT molecular complexity index is 380. The topological polar surface area (TPSA) is 42.9 Å². The Morgan fingerprint density at radius 3 is 2.28 bits per heavy atom. The van der Waals surface area contributed by atoms with Gasteiger partial charge in [0.05, 0.1) is 0 Å². The van der Waals surface area contributed by atoms with Gasteiger partial charge < -0.3 is 15.5 Å². The van der Waals surface area contributed by atoms with Gasteiger partial charge in [0, 0.05) is 32.7 Å². The van der Waals surface area contributed by atoms with Crippen molar-refractivity contribution in [1.82, 2.24) is 20.4 Å². The molecule has 2 fully saturated rings. The van der Waals surface area contributed by atoms with Gasteiger partial charge in [-0.15, -0.1) is 24.0 Å². The van der Waals surface area contributed by atoms with E-state index in [0.717, 1.165) is 25.0 Å². The summed E-state index contributed by atoms with van der Waals surface area (Å²) in [5.74, 6) is 2.38. The van der Waals surface area contributed by atoms with Gasteiger partial charge in [0.1, 0.15) is 0 Å². The molecule has 2 heterocycles. The van der Waals surface area contributed by atoms with Gasteiger partial charge in [0.2, 0.25) is 0 Å². The maximum Gasteiger partial charge on any atom is 0.191 e. The number of hydrogen-bond acceptors (Lipinski definition) is 3. The fourth-order valence-electron chi connectivity index (χ4n) is 4.07. The molecule has 0 amide bonds. The summed E-state index contributed by atoms with van der Waals surface area (Å²) >= 11 is 0. The van der Waals surface area contributed by atoms with Crippen molar-refractivity contribution in [1.29, 1.82) is 0 Å². The molecule has 0 aromatic heterocycles. The maximum absolute atomic E-state index is 4.43. The molecule has 2 aliphatic heterocycles. The highest BCUT2D eigenvalue weighted by molar-refractivity contribution is 14.0. The Labute approximate surface area is 172 Å². The molecule has 0 saturated carbocycles. The summed E-state index contributed by atoms with van der Waals surface area (Å²) in [7, 11) is 4.09. The molecule has 5 nitrogen and oxygen atoms in total. The number of nitrogens with one attached hydrogen (secondary N) is 2. The highest BCUT2D eigenvalue weighted by Gasteiger charge is 2.23. The molecule has 0 aliphatic carbocycles. The largest absolute Gasteiger partial charge is 0.356 e. The predicted octanol–water partition coefficient (Wildman–Crippen LogP) is 2.62. The van der Waals surface area contributed by atoms with Crippen molar-refractivity contribution < 1.29 is 0 Å². The van der Waals surface area contributed by atoms with Crippen LogP contribution < -0.4 is 10.6 Å². The molecule has 2 saturated heterocycles. The van der Waals surface area contributed by atoms with Crippen LogP contribution in [0.25, 0.3) is 0 Å². The van der Waals surface area contributed by atoms with Crippen LogP contribution in [0.1, 0.15) is 46.0 Å². The first-order chi connectivity index (χ1) is 11.6. The van der Waals surface area contributed by atoms with Crippen LogP contribution in [0.15, 0.2) is 4.99 Å². The van der Waals surface area contributed by atoms with Gasteiger partial charge in [-0.1, -0.05) is 26.7 Å². The Balaban J connectivity index is 0.00000312. The standard InChI is InChI=1S/C19H39N5.HI/c1-16(2)18(24-10-7-5-6-8-11-24)14-22-19(20-3)21-13-17-9-12-23(4)15-17;/h16-18H,5-15H2,1-4H3,(H2,20,21,22);1H. The maximum atomic E-state index is 4.43. The third-order valence-electron chi connectivity index (χ3n) is 5.63. The lowest BCUT2D eigenvalue weighted by Gasteiger charge is -2.34. The highest BCUT2D eigenvalue weighted by Crippen LogP contribution is 2.17. The molecule has 0 spiro atoms. The van der Waals surface area contributed by atoms with E-state index < -0.39 is 0 Å². The van der Waals surface area contributed by atoms with Crippen LogP contribution in [0.4, 0.5) is 0 Å². The van der Waals surface area contributed by atoms with E-state index in [4.69, 9.17) is 0 Å². The van der Waals surface area contributed by atoms with E-state index in [-0.39, 0.29) is 24.0 Å². The van der Waals surface area contributed by atoms with E-state index in [1.54, 1.807) is 0 Å². The molecule has 2 N–H and O–H groups in total. The first-order valence-corrected chi connectivity index (χ1v) is 9.97. The number of rotatable bonds is 6. The number of likely N-dealkylation sites (tertiary alicyclic amines) is 2. The van der Waals surface area contributed by atoms with Crippen LogP contribution >= 0.6 is 24.0 Å². The smallest absolute Gasteiger partial charge is 0.191 e. The monoisotopic (exact) mass is 465 g/mol. The van der Waals surface area contributed by atoms with Crippen molar-refractivity contribution in [3.05, 3.63) is 0 Å². The van der Waals surface area contributed by atoms with Crippen LogP contribution in [0.3, 0.4) is 0 Å². The van der Waals surface area contributed by atoms with Crippen LogP contribution in [0.5, 0.6) is 0 Å². The van der Waals surface area contributed by atoms with E-state index in [2.05, 4.69) is 46.3 Å². The predicted molar refractivity (Wildman–Crippen MR) is 119 cm³/mol. The van der Waals surface area contributed by atoms with Crippen molar-refractivity contribution in [2.24, 2.45) is 16.8 Å². The third-order valence-corrected chi connectivity index (χ3v) is 5.63. The van der Waals surface area contributed by atoms with Gasteiger partial charge in [-0.05, 0) is 57.8 Å². The summed E-state index contributed by atoms with van der Waals surface area (Å²) in [6.45, 7) is 11.6. The Hall–Kier alpha value is -0.0800. The summed E-state index contributed by atoms with van der Waals surface area (Å²) in [6.07, 6.45) is 6.79. The summed E-state index contributed by atoms with van der Waals surface area (Å²) in [6, 6.07) is 0.597. The molecule has 2 unspecified atom stereocenters. The second-order valence-electron chi connectivity index (χ2n) is 8.01. The molecule has 2 aliphatic rings. The Kier molecular flexibility index (Phi) is 11.3. The molecule has 0 radical (unpaired) electrons. The molecule has 25 heavy (non-hydrogen) atoms. The van der Waals surface area contributed by atoms with E-state index >= 15 is 0 Å². The molecule has 6 heteroatoms. The quantitative estimate of drug-likeness (QED) is 0.360. The van der Waals surface area contributed by atoms with E-state index in [1.807, 2.05) is 7.05 Å². The first kappa shape index (κ1) is 23.0. The number of nitrogens with zero attached hydrogens (tertiary/aromatic N) is 3. The molecule has 0 aromatic carbocycles. The zero-order chi connectivity index (χ0) is 17.4. The molecule has 2 rings (SSSR count). The second-order valence-corrected chi connectivity index (χ2v) is 8.01. The fourth-order valence-corrected chi connectivity index (χ4v) is 4.07. The minimum Gasteiger partial charge on any atom is -0.356 e. The summed E-state index contributed by atoms with van der Waals surface area (Å²) in [4.78, 5) is 9.54. The average Bonchev–Trinajstić information content (AvgIpc) is 2.81. The van der Waals surface area contributed by atoms with Crippen LogP contribution in [0, 0.1) is 11.8 Å². The SMILES string of the molecule is CN=C(NCC1CCN(C)C1)NCC(C(C)C)N1CCCCCC1.I. The minimum absolute atomic E-state index is 0.